The van der Waals surface area contributed by atoms with Gasteiger partial charge in [-0.1, -0.05) is 111 Å². The molecule has 0 aromatic heterocycles. The molecule has 0 spiro atoms. The molecule has 0 N–H and O–H groups in total. The maximum atomic E-state index is 11.4. The van der Waals surface area contributed by atoms with E-state index in [1.54, 1.807) is 24.3 Å². The van der Waals surface area contributed by atoms with Crippen LogP contribution in [0.2, 0.25) is 0 Å². The topological polar surface area (TPSA) is 108 Å². The van der Waals surface area contributed by atoms with Crippen LogP contribution in [0.5, 0.6) is 34.5 Å². The third kappa shape index (κ3) is 12.6. The minimum atomic E-state index is 0.358. The molecule has 0 saturated heterocycles. The standard InChI is InChI=1S/C54H54O10/c1-3-21-59-53-35-48(16-8-40-6-12-44-18-20-46-14-10-42(38-56)34-52(46)64-30-26-58-24-28-62-50(44)32-40)54(60-22-4-2)36-47(53)15-7-39-5-11-43-17-19-45-13-9-41(37-55)33-51(45)63-29-25-57-23-27-61-49(43)31-39/h5-20,31-38H,3-4,21-30H2,1-2H3/b15-7+,16-8+,19-17+,20-18+. The number of rotatable bonds is 12. The number of carbonyl (C=O) groups excluding carboxylic acids is 2. The highest BCUT2D eigenvalue weighted by molar-refractivity contribution is 5.84. The molecule has 7 rings (SSSR count). The van der Waals surface area contributed by atoms with Crippen molar-refractivity contribution in [3.05, 3.63) is 141 Å². The van der Waals surface area contributed by atoms with Gasteiger partial charge in [0.15, 0.2) is 0 Å². The van der Waals surface area contributed by atoms with Crippen LogP contribution in [0.3, 0.4) is 0 Å². The van der Waals surface area contributed by atoms with Crippen LogP contribution in [0.15, 0.2) is 84.9 Å². The van der Waals surface area contributed by atoms with Gasteiger partial charge < -0.3 is 37.9 Å². The smallest absolute Gasteiger partial charge is 0.150 e. The predicted octanol–water partition coefficient (Wildman–Crippen LogP) is 11.1. The van der Waals surface area contributed by atoms with E-state index in [0.717, 1.165) is 81.4 Å². The fourth-order valence-corrected chi connectivity index (χ4v) is 6.91. The van der Waals surface area contributed by atoms with E-state index in [4.69, 9.17) is 37.9 Å². The second-order valence-electron chi connectivity index (χ2n) is 15.0. The maximum Gasteiger partial charge on any atom is 0.150 e. The molecule has 0 saturated carbocycles. The van der Waals surface area contributed by atoms with E-state index in [1.165, 1.54) is 0 Å². The van der Waals surface area contributed by atoms with Crippen LogP contribution in [0.25, 0.3) is 48.6 Å². The third-order valence-electron chi connectivity index (χ3n) is 10.2. The Hall–Kier alpha value is -6.88. The molecule has 64 heavy (non-hydrogen) atoms. The highest BCUT2D eigenvalue weighted by Gasteiger charge is 2.13. The predicted molar refractivity (Wildman–Crippen MR) is 254 cm³/mol. The summed E-state index contributed by atoms with van der Waals surface area (Å²) in [6.45, 7) is 8.34. The zero-order valence-corrected chi connectivity index (χ0v) is 36.4. The van der Waals surface area contributed by atoms with E-state index in [2.05, 4.69) is 13.8 Å². The van der Waals surface area contributed by atoms with Gasteiger partial charge in [0, 0.05) is 44.5 Å². The monoisotopic (exact) mass is 862 g/mol. The summed E-state index contributed by atoms with van der Waals surface area (Å²) >= 11 is 0. The first-order valence-corrected chi connectivity index (χ1v) is 21.8. The van der Waals surface area contributed by atoms with Crippen molar-refractivity contribution in [2.45, 2.75) is 26.7 Å². The number of hydrogen-bond donors (Lipinski definition) is 0. The van der Waals surface area contributed by atoms with Crippen molar-refractivity contribution >= 4 is 61.2 Å². The lowest BCUT2D eigenvalue weighted by Gasteiger charge is -2.15. The summed E-state index contributed by atoms with van der Waals surface area (Å²) in [4.78, 5) is 22.9. The lowest BCUT2D eigenvalue weighted by atomic mass is 10.0. The Morgan fingerprint density at radius 2 is 0.750 bits per heavy atom. The Labute approximate surface area is 375 Å². The molecule has 2 aliphatic rings. The lowest BCUT2D eigenvalue weighted by Crippen LogP contribution is -2.12. The van der Waals surface area contributed by atoms with Crippen LogP contribution < -0.4 is 28.4 Å². The second-order valence-corrected chi connectivity index (χ2v) is 15.0. The SMILES string of the molecule is CCCOc1cc(/C=C/c2ccc3c(c2)OCCOCCOc2cc(C=O)ccc2/C=C/3)c(OCCC)cc1/C=C/c1ccc2c(c1)OCCOCCOc1cc(C=O)ccc1/C=C/2. The molecule has 10 heteroatoms. The summed E-state index contributed by atoms with van der Waals surface area (Å²) in [6.07, 6.45) is 19.4. The van der Waals surface area contributed by atoms with Crippen LogP contribution in [0.1, 0.15) is 91.9 Å². The zero-order valence-electron chi connectivity index (χ0n) is 36.4. The quantitative estimate of drug-likeness (QED) is 0.0888. The van der Waals surface area contributed by atoms with Gasteiger partial charge in [-0.3, -0.25) is 9.59 Å². The summed E-state index contributed by atoms with van der Waals surface area (Å²) in [5, 5.41) is 0. The van der Waals surface area contributed by atoms with E-state index in [9.17, 15) is 9.59 Å². The molecule has 10 nitrogen and oxygen atoms in total. The lowest BCUT2D eigenvalue weighted by molar-refractivity contribution is 0.0763. The largest absolute Gasteiger partial charge is 0.493 e. The molecule has 0 amide bonds. The molecular formula is C54H54O10. The maximum absolute atomic E-state index is 11.4. The first-order valence-electron chi connectivity index (χ1n) is 21.8. The molecule has 5 aromatic carbocycles. The molecule has 0 unspecified atom stereocenters. The van der Waals surface area contributed by atoms with Crippen LogP contribution in [-0.4, -0.2) is 78.6 Å². The van der Waals surface area contributed by atoms with Gasteiger partial charge in [0.1, 0.15) is 73.5 Å². The minimum Gasteiger partial charge on any atom is -0.493 e. The molecule has 2 aliphatic heterocycles. The number of hydrogen-bond acceptors (Lipinski definition) is 10. The zero-order chi connectivity index (χ0) is 44.4. The molecule has 5 aromatic rings. The number of fused-ring (bicyclic) bond motifs is 4. The van der Waals surface area contributed by atoms with E-state index in [-0.39, 0.29) is 0 Å². The summed E-state index contributed by atoms with van der Waals surface area (Å²) in [5.74, 6) is 4.16. The van der Waals surface area contributed by atoms with Gasteiger partial charge in [0.05, 0.1) is 39.6 Å². The fraction of sp³-hybridized carbons (Fsp3) is 0.259. The molecule has 2 heterocycles. The first-order chi connectivity index (χ1) is 31.5. The Morgan fingerprint density at radius 1 is 0.422 bits per heavy atom. The number of benzene rings is 5. The highest BCUT2D eigenvalue weighted by atomic mass is 16.6. The molecular weight excluding hydrogens is 809 g/mol. The Kier molecular flexibility index (Phi) is 16.6. The molecule has 330 valence electrons. The van der Waals surface area contributed by atoms with Crippen molar-refractivity contribution in [1.82, 2.24) is 0 Å². The van der Waals surface area contributed by atoms with Crippen molar-refractivity contribution in [3.63, 3.8) is 0 Å². The van der Waals surface area contributed by atoms with Gasteiger partial charge >= 0.3 is 0 Å². The van der Waals surface area contributed by atoms with Crippen molar-refractivity contribution in [2.24, 2.45) is 0 Å². The van der Waals surface area contributed by atoms with E-state index in [1.807, 2.05) is 109 Å². The molecule has 0 fully saturated rings. The summed E-state index contributed by atoms with van der Waals surface area (Å²) in [5.41, 5.74) is 8.23. The van der Waals surface area contributed by atoms with Crippen LogP contribution in [0.4, 0.5) is 0 Å². The van der Waals surface area contributed by atoms with Crippen LogP contribution in [0, 0.1) is 0 Å². The summed E-state index contributed by atoms with van der Waals surface area (Å²) < 4.78 is 48.6. The van der Waals surface area contributed by atoms with Gasteiger partial charge in [-0.25, -0.2) is 0 Å². The van der Waals surface area contributed by atoms with Crippen molar-refractivity contribution in [3.8, 4) is 34.5 Å². The van der Waals surface area contributed by atoms with E-state index >= 15 is 0 Å². The van der Waals surface area contributed by atoms with Gasteiger partial charge in [0.2, 0.25) is 0 Å². The van der Waals surface area contributed by atoms with Gasteiger partial charge in [0.25, 0.3) is 0 Å². The molecule has 0 radical (unpaired) electrons. The fourth-order valence-electron chi connectivity index (χ4n) is 6.91. The summed E-state index contributed by atoms with van der Waals surface area (Å²) in [6, 6.07) is 27.0. The van der Waals surface area contributed by atoms with Crippen molar-refractivity contribution in [1.29, 1.82) is 0 Å². The average molecular weight is 863 g/mol. The van der Waals surface area contributed by atoms with Crippen molar-refractivity contribution in [2.75, 3.05) is 66.1 Å². The first kappa shape index (κ1) is 45.2. The third-order valence-corrected chi connectivity index (χ3v) is 10.2. The molecule has 0 atom stereocenters. The number of ether oxygens (including phenoxy) is 8. The summed E-state index contributed by atoms with van der Waals surface area (Å²) in [7, 11) is 0. The van der Waals surface area contributed by atoms with E-state index < -0.39 is 0 Å². The molecule has 0 aliphatic carbocycles. The minimum absolute atomic E-state index is 0.358. The molecule has 0 bridgehead atoms. The van der Waals surface area contributed by atoms with Crippen molar-refractivity contribution < 1.29 is 47.5 Å². The van der Waals surface area contributed by atoms with Gasteiger partial charge in [-0.15, -0.1) is 0 Å². The normalized spacial score (nSPS) is 15.4. The average Bonchev–Trinajstić information content (AvgIpc) is 3.35. The Bertz CT molecular complexity index is 2320. The van der Waals surface area contributed by atoms with E-state index in [0.29, 0.717) is 100 Å². The Morgan fingerprint density at radius 3 is 1.08 bits per heavy atom. The number of carbonyl (C=O) groups is 2. The van der Waals surface area contributed by atoms with Gasteiger partial charge in [-0.05, 0) is 60.4 Å². The Balaban J connectivity index is 1.16. The van der Waals surface area contributed by atoms with Gasteiger partial charge in [-0.2, -0.15) is 0 Å². The number of aldehydes is 2. The highest BCUT2D eigenvalue weighted by Crippen LogP contribution is 2.35. The second kappa shape index (κ2) is 23.5. The van der Waals surface area contributed by atoms with Crippen LogP contribution >= 0.6 is 0 Å². The van der Waals surface area contributed by atoms with Crippen LogP contribution in [-0.2, 0) is 9.47 Å².